The first-order valence-electron chi connectivity index (χ1n) is 14.4. The van der Waals surface area contributed by atoms with E-state index in [0.29, 0.717) is 23.7 Å². The smallest absolute Gasteiger partial charge is 0.0502 e. The van der Waals surface area contributed by atoms with E-state index in [-0.39, 0.29) is 11.5 Å². The Labute approximate surface area is 224 Å². The standard InChI is InChI=1S/C35H55N/c1-12-16-33(28(8)24(3)4)31(19-25(5)13-2)20-26(6)34(36-27(7)23-35(9,10)11)32-21-29-17-14-15-18-30(29)22-32/h14-15,17-18,25,31-34,36H,3,6-8,12-13,16,19-23H2,1-2,4-5,9-11H3. The van der Waals surface area contributed by atoms with E-state index in [1.165, 1.54) is 48.0 Å². The average molecular weight is 490 g/mol. The molecule has 0 heterocycles. The van der Waals surface area contributed by atoms with Gasteiger partial charge in [0.2, 0.25) is 0 Å². The molecule has 0 spiro atoms. The molecule has 0 saturated heterocycles. The summed E-state index contributed by atoms with van der Waals surface area (Å²) in [5.41, 5.74) is 8.06. The van der Waals surface area contributed by atoms with Crippen LogP contribution in [0.2, 0.25) is 0 Å². The molecular formula is C35H55N. The lowest BCUT2D eigenvalue weighted by Crippen LogP contribution is -2.39. The lowest BCUT2D eigenvalue weighted by molar-refractivity contribution is 0.275. The van der Waals surface area contributed by atoms with E-state index in [1.54, 1.807) is 0 Å². The highest BCUT2D eigenvalue weighted by atomic mass is 14.9. The first kappa shape index (κ1) is 30.2. The van der Waals surface area contributed by atoms with Crippen LogP contribution < -0.4 is 5.32 Å². The van der Waals surface area contributed by atoms with Gasteiger partial charge in [0.15, 0.2) is 0 Å². The van der Waals surface area contributed by atoms with Crippen LogP contribution in [-0.2, 0) is 12.8 Å². The minimum absolute atomic E-state index is 0.207. The Morgan fingerprint density at radius 1 is 1.03 bits per heavy atom. The fourth-order valence-corrected chi connectivity index (χ4v) is 6.15. The van der Waals surface area contributed by atoms with Crippen molar-refractivity contribution in [2.45, 2.75) is 106 Å². The molecule has 0 fully saturated rings. The molecule has 4 atom stereocenters. The molecule has 1 aromatic rings. The molecule has 200 valence electrons. The van der Waals surface area contributed by atoms with Gasteiger partial charge in [-0.1, -0.05) is 116 Å². The third-order valence-electron chi connectivity index (χ3n) is 8.19. The maximum absolute atomic E-state index is 4.78. The van der Waals surface area contributed by atoms with Crippen LogP contribution in [0.15, 0.2) is 73.0 Å². The van der Waals surface area contributed by atoms with Gasteiger partial charge in [-0.2, -0.15) is 0 Å². The number of nitrogens with one attached hydrogen (secondary N) is 1. The number of hydrogen-bond donors (Lipinski definition) is 1. The maximum atomic E-state index is 4.78. The number of allylic oxidation sites excluding steroid dienone is 3. The van der Waals surface area contributed by atoms with Gasteiger partial charge in [-0.05, 0) is 91.2 Å². The van der Waals surface area contributed by atoms with Crippen LogP contribution in [0.25, 0.3) is 0 Å². The van der Waals surface area contributed by atoms with Gasteiger partial charge in [0, 0.05) is 5.70 Å². The van der Waals surface area contributed by atoms with Crippen molar-refractivity contribution in [2.24, 2.45) is 29.1 Å². The normalized spacial score (nSPS) is 17.1. The zero-order valence-electron chi connectivity index (χ0n) is 24.7. The third kappa shape index (κ3) is 8.82. The van der Waals surface area contributed by atoms with Gasteiger partial charge >= 0.3 is 0 Å². The Kier molecular flexibility index (Phi) is 11.3. The van der Waals surface area contributed by atoms with Gasteiger partial charge in [-0.25, -0.2) is 0 Å². The van der Waals surface area contributed by atoms with Gasteiger partial charge in [-0.15, -0.1) is 0 Å². The lowest BCUT2D eigenvalue weighted by atomic mass is 9.72. The molecule has 36 heavy (non-hydrogen) atoms. The van der Waals surface area contributed by atoms with Gasteiger partial charge in [0.25, 0.3) is 0 Å². The predicted octanol–water partition coefficient (Wildman–Crippen LogP) is 9.86. The Morgan fingerprint density at radius 2 is 1.61 bits per heavy atom. The van der Waals surface area contributed by atoms with Crippen molar-refractivity contribution in [3.63, 3.8) is 0 Å². The van der Waals surface area contributed by atoms with Crippen LogP contribution in [0.1, 0.15) is 98.1 Å². The zero-order chi connectivity index (χ0) is 27.0. The Bertz CT molecular complexity index is 886. The van der Waals surface area contributed by atoms with Crippen LogP contribution in [-0.4, -0.2) is 6.04 Å². The van der Waals surface area contributed by atoms with Crippen molar-refractivity contribution in [3.8, 4) is 0 Å². The van der Waals surface area contributed by atoms with E-state index in [2.05, 4.69) is 97.8 Å². The third-order valence-corrected chi connectivity index (χ3v) is 8.19. The predicted molar refractivity (Wildman–Crippen MR) is 161 cm³/mol. The molecule has 0 bridgehead atoms. The molecule has 1 nitrogen and oxygen atoms in total. The highest BCUT2D eigenvalue weighted by Crippen LogP contribution is 2.40. The van der Waals surface area contributed by atoms with E-state index in [4.69, 9.17) is 6.58 Å². The van der Waals surface area contributed by atoms with Crippen molar-refractivity contribution in [2.75, 3.05) is 0 Å². The molecule has 0 radical (unpaired) electrons. The highest BCUT2D eigenvalue weighted by Gasteiger charge is 2.33. The number of fused-ring (bicyclic) bond motifs is 1. The summed E-state index contributed by atoms with van der Waals surface area (Å²) in [6, 6.07) is 9.21. The van der Waals surface area contributed by atoms with E-state index in [0.717, 1.165) is 37.0 Å². The van der Waals surface area contributed by atoms with Crippen LogP contribution in [0.3, 0.4) is 0 Å². The molecule has 0 aliphatic heterocycles. The van der Waals surface area contributed by atoms with Crippen molar-refractivity contribution >= 4 is 0 Å². The fourth-order valence-electron chi connectivity index (χ4n) is 6.15. The Hall–Kier alpha value is -2.02. The summed E-state index contributed by atoms with van der Waals surface area (Å²) in [5, 5.41) is 3.91. The van der Waals surface area contributed by atoms with E-state index in [9.17, 15) is 0 Å². The molecule has 0 saturated carbocycles. The maximum Gasteiger partial charge on any atom is 0.0502 e. The Morgan fingerprint density at radius 3 is 2.08 bits per heavy atom. The first-order valence-corrected chi connectivity index (χ1v) is 14.4. The van der Waals surface area contributed by atoms with Gasteiger partial charge < -0.3 is 5.32 Å². The molecule has 0 aromatic heterocycles. The molecule has 1 N–H and O–H groups in total. The van der Waals surface area contributed by atoms with Crippen molar-refractivity contribution in [3.05, 3.63) is 84.1 Å². The summed E-state index contributed by atoms with van der Waals surface area (Å²) >= 11 is 0. The minimum Gasteiger partial charge on any atom is -0.382 e. The number of rotatable bonds is 15. The molecule has 1 aliphatic rings. The topological polar surface area (TPSA) is 12.0 Å². The number of hydrogen-bond acceptors (Lipinski definition) is 1. The monoisotopic (exact) mass is 489 g/mol. The van der Waals surface area contributed by atoms with Crippen molar-refractivity contribution in [1.82, 2.24) is 5.32 Å². The van der Waals surface area contributed by atoms with Gasteiger partial charge in [0.05, 0.1) is 6.04 Å². The minimum atomic E-state index is 0.207. The second-order valence-corrected chi connectivity index (χ2v) is 13.0. The molecule has 1 aromatic carbocycles. The zero-order valence-corrected chi connectivity index (χ0v) is 24.7. The summed E-state index contributed by atoms with van der Waals surface area (Å²) in [4.78, 5) is 0. The van der Waals surface area contributed by atoms with E-state index < -0.39 is 0 Å². The second-order valence-electron chi connectivity index (χ2n) is 13.0. The lowest BCUT2D eigenvalue weighted by Gasteiger charge is -2.36. The first-order chi connectivity index (χ1) is 16.9. The SMILES string of the molecule is C=C(CC(C)(C)C)NC(C(=C)CC(CC(C)CC)C(CCC)C(=C)C(=C)C)C1Cc2ccccc2C1. The van der Waals surface area contributed by atoms with Crippen molar-refractivity contribution in [1.29, 1.82) is 0 Å². The second kappa shape index (κ2) is 13.5. The molecule has 2 rings (SSSR count). The van der Waals surface area contributed by atoms with Crippen molar-refractivity contribution < 1.29 is 0 Å². The van der Waals surface area contributed by atoms with Crippen LogP contribution >= 0.6 is 0 Å². The summed E-state index contributed by atoms with van der Waals surface area (Å²) in [7, 11) is 0. The summed E-state index contributed by atoms with van der Waals surface area (Å²) < 4.78 is 0. The Balaban J connectivity index is 2.34. The molecule has 1 heteroatoms. The molecule has 4 unspecified atom stereocenters. The summed E-state index contributed by atoms with van der Waals surface area (Å²) in [6.07, 6.45) is 9.00. The quantitative estimate of drug-likeness (QED) is 0.191. The molecule has 0 amide bonds. The largest absolute Gasteiger partial charge is 0.382 e. The van der Waals surface area contributed by atoms with E-state index >= 15 is 0 Å². The average Bonchev–Trinajstić information content (AvgIpc) is 3.22. The fraction of sp³-hybridized carbons (Fsp3) is 0.600. The van der Waals surface area contributed by atoms with Crippen LogP contribution in [0.4, 0.5) is 0 Å². The van der Waals surface area contributed by atoms with E-state index in [1.807, 2.05) is 0 Å². The summed E-state index contributed by atoms with van der Waals surface area (Å²) in [6.45, 7) is 34.0. The van der Waals surface area contributed by atoms with Crippen LogP contribution in [0, 0.1) is 29.1 Å². The molecular weight excluding hydrogens is 434 g/mol. The molecule has 1 aliphatic carbocycles. The number of benzene rings is 1. The highest BCUT2D eigenvalue weighted by molar-refractivity contribution is 5.34. The van der Waals surface area contributed by atoms with Gasteiger partial charge in [-0.3, -0.25) is 0 Å². The summed E-state index contributed by atoms with van der Waals surface area (Å²) in [5.74, 6) is 2.22. The van der Waals surface area contributed by atoms with Crippen LogP contribution in [0.5, 0.6) is 0 Å². The van der Waals surface area contributed by atoms with Gasteiger partial charge in [0.1, 0.15) is 0 Å².